The number of hydrogen-bond donors (Lipinski definition) is 0. The fourth-order valence-corrected chi connectivity index (χ4v) is 2.34. The van der Waals surface area contributed by atoms with Gasteiger partial charge in [-0.15, -0.1) is 0 Å². The molecule has 5 heteroatoms. The van der Waals surface area contributed by atoms with Gasteiger partial charge in [-0.05, 0) is 63.1 Å². The Hall–Kier alpha value is -3.86. The molecule has 0 aliphatic heterocycles. The first-order chi connectivity index (χ1) is 15.2. The Morgan fingerprint density at radius 1 is 0.719 bits per heavy atom. The molecule has 0 unspecified atom stereocenters. The zero-order valence-electron chi connectivity index (χ0n) is 18.9. The number of rotatable bonds is 9. The van der Waals surface area contributed by atoms with Gasteiger partial charge in [0.25, 0.3) is 0 Å². The van der Waals surface area contributed by atoms with Crippen LogP contribution < -0.4 is 9.47 Å². The lowest BCUT2D eigenvalue weighted by molar-refractivity contribution is -0.138. The third-order valence-electron chi connectivity index (χ3n) is 4.43. The summed E-state index contributed by atoms with van der Waals surface area (Å²) in [6, 6.07) is 14.8. The maximum absolute atomic E-state index is 11.6. The number of allylic oxidation sites excluding steroid dienone is 1. The average molecular weight is 433 g/mol. The molecule has 0 aliphatic rings. The van der Waals surface area contributed by atoms with E-state index in [1.807, 2.05) is 62.4 Å². The quantitative estimate of drug-likeness (QED) is 0.157. The minimum atomic E-state index is -0.441. The molecular formula is C27H28O5. The van der Waals surface area contributed by atoms with E-state index in [9.17, 15) is 9.59 Å². The summed E-state index contributed by atoms with van der Waals surface area (Å²) in [5.74, 6) is 0.980. The number of hydrogen-bond acceptors (Lipinski definition) is 5. The molecule has 2 aromatic rings. The van der Waals surface area contributed by atoms with Crippen molar-refractivity contribution in [3.05, 3.63) is 95.3 Å². The molecular weight excluding hydrogens is 404 g/mol. The first-order valence-corrected chi connectivity index (χ1v) is 10.1. The number of esters is 2. The average Bonchev–Trinajstić information content (AvgIpc) is 2.77. The van der Waals surface area contributed by atoms with E-state index in [4.69, 9.17) is 14.2 Å². The van der Waals surface area contributed by atoms with Crippen molar-refractivity contribution in [2.45, 2.75) is 27.7 Å². The molecule has 0 saturated heterocycles. The standard InChI is InChI=1S/C27H28O5/c1-18(2)26(28)30-17-20(5)21(6)31-24-13-9-22(10-14-24)7-8-23-11-15-25(16-12-23)32-27(29)19(3)4/h7-16H,1,3,17H2,2,4-6H3/b8-7+,21-20+. The first-order valence-electron chi connectivity index (χ1n) is 10.1. The molecule has 0 bridgehead atoms. The fraction of sp³-hybridized carbons (Fsp3) is 0.185. The molecule has 166 valence electrons. The smallest absolute Gasteiger partial charge is 0.338 e. The highest BCUT2D eigenvalue weighted by molar-refractivity contribution is 5.88. The molecule has 0 heterocycles. The van der Waals surface area contributed by atoms with Crippen LogP contribution in [-0.2, 0) is 14.3 Å². The van der Waals surface area contributed by atoms with Gasteiger partial charge in [0.2, 0.25) is 0 Å². The van der Waals surface area contributed by atoms with Gasteiger partial charge < -0.3 is 14.2 Å². The van der Waals surface area contributed by atoms with Gasteiger partial charge in [-0.1, -0.05) is 49.6 Å². The van der Waals surface area contributed by atoms with Gasteiger partial charge in [0.05, 0.1) is 0 Å². The predicted molar refractivity (Wildman–Crippen MR) is 127 cm³/mol. The van der Waals surface area contributed by atoms with Crippen molar-refractivity contribution in [3.63, 3.8) is 0 Å². The lowest BCUT2D eigenvalue weighted by Gasteiger charge is -2.11. The van der Waals surface area contributed by atoms with Gasteiger partial charge in [0.15, 0.2) is 0 Å². The molecule has 0 N–H and O–H groups in total. The number of ether oxygens (including phenoxy) is 3. The third-order valence-corrected chi connectivity index (χ3v) is 4.43. The summed E-state index contributed by atoms with van der Waals surface area (Å²) in [6.07, 6.45) is 3.94. The van der Waals surface area contributed by atoms with Gasteiger partial charge in [0, 0.05) is 16.7 Å². The summed E-state index contributed by atoms with van der Waals surface area (Å²) in [6.45, 7) is 14.2. The van der Waals surface area contributed by atoms with Crippen LogP contribution in [0.2, 0.25) is 0 Å². The second-order valence-electron chi connectivity index (χ2n) is 7.44. The molecule has 32 heavy (non-hydrogen) atoms. The van der Waals surface area contributed by atoms with Crippen molar-refractivity contribution >= 4 is 24.1 Å². The van der Waals surface area contributed by atoms with Crippen LogP contribution in [0.15, 0.2) is 84.2 Å². The lowest BCUT2D eigenvalue weighted by atomic mass is 10.1. The topological polar surface area (TPSA) is 61.8 Å². The van der Waals surface area contributed by atoms with Crippen molar-refractivity contribution in [3.8, 4) is 11.5 Å². The molecule has 0 spiro atoms. The summed E-state index contributed by atoms with van der Waals surface area (Å²) < 4.78 is 16.2. The highest BCUT2D eigenvalue weighted by atomic mass is 16.5. The van der Waals surface area contributed by atoms with Crippen molar-refractivity contribution in [2.24, 2.45) is 0 Å². The maximum atomic E-state index is 11.6. The Balaban J connectivity index is 1.94. The highest BCUT2D eigenvalue weighted by Gasteiger charge is 2.07. The van der Waals surface area contributed by atoms with E-state index in [0.29, 0.717) is 28.4 Å². The summed E-state index contributed by atoms with van der Waals surface area (Å²) in [5.41, 5.74) is 3.51. The maximum Gasteiger partial charge on any atom is 0.338 e. The second-order valence-corrected chi connectivity index (χ2v) is 7.44. The zero-order chi connectivity index (χ0) is 23.7. The molecule has 0 amide bonds. The molecule has 0 saturated carbocycles. The van der Waals surface area contributed by atoms with Crippen LogP contribution in [-0.4, -0.2) is 18.5 Å². The van der Waals surface area contributed by atoms with Crippen LogP contribution in [0.1, 0.15) is 38.8 Å². The molecule has 0 atom stereocenters. The van der Waals surface area contributed by atoms with Crippen LogP contribution in [0, 0.1) is 0 Å². The number of benzene rings is 2. The number of carbonyl (C=O) groups excluding carboxylic acids is 2. The SMILES string of the molecule is C=C(C)C(=O)OC/C(C)=C(\C)Oc1ccc(/C=C/c2ccc(OC(=O)C(=C)C)cc2)cc1. The molecule has 5 nitrogen and oxygen atoms in total. The largest absolute Gasteiger partial charge is 0.462 e. The molecule has 0 aliphatic carbocycles. The van der Waals surface area contributed by atoms with E-state index in [1.165, 1.54) is 0 Å². The first kappa shape index (κ1) is 24.4. The van der Waals surface area contributed by atoms with Gasteiger partial charge in [-0.25, -0.2) is 9.59 Å². The zero-order valence-corrected chi connectivity index (χ0v) is 18.9. The summed E-state index contributed by atoms with van der Waals surface area (Å²) in [5, 5.41) is 0. The summed E-state index contributed by atoms with van der Waals surface area (Å²) in [7, 11) is 0. The molecule has 0 fully saturated rings. The molecule has 0 aromatic heterocycles. The van der Waals surface area contributed by atoms with Crippen LogP contribution in [0.3, 0.4) is 0 Å². The Bertz CT molecular complexity index is 1050. The van der Waals surface area contributed by atoms with Crippen LogP contribution in [0.4, 0.5) is 0 Å². The second kappa shape index (κ2) is 11.5. The van der Waals surface area contributed by atoms with E-state index < -0.39 is 11.9 Å². The Morgan fingerprint density at radius 2 is 1.16 bits per heavy atom. The Morgan fingerprint density at radius 3 is 1.59 bits per heavy atom. The third kappa shape index (κ3) is 7.76. The minimum absolute atomic E-state index is 0.156. The van der Waals surface area contributed by atoms with Gasteiger partial charge in [-0.3, -0.25) is 0 Å². The Kier molecular flexibility index (Phi) is 8.78. The van der Waals surface area contributed by atoms with Crippen molar-refractivity contribution < 1.29 is 23.8 Å². The minimum Gasteiger partial charge on any atom is -0.462 e. The molecule has 2 aromatic carbocycles. The van der Waals surface area contributed by atoms with Crippen molar-refractivity contribution in [1.82, 2.24) is 0 Å². The highest BCUT2D eigenvalue weighted by Crippen LogP contribution is 2.19. The van der Waals surface area contributed by atoms with E-state index in [1.54, 1.807) is 26.0 Å². The van der Waals surface area contributed by atoms with Crippen molar-refractivity contribution in [1.29, 1.82) is 0 Å². The monoisotopic (exact) mass is 432 g/mol. The van der Waals surface area contributed by atoms with Crippen LogP contribution in [0.25, 0.3) is 12.2 Å². The summed E-state index contributed by atoms with van der Waals surface area (Å²) >= 11 is 0. The molecule has 2 rings (SSSR count). The van der Waals surface area contributed by atoms with Gasteiger partial charge in [-0.2, -0.15) is 0 Å². The Labute approximate surface area is 189 Å². The van der Waals surface area contributed by atoms with E-state index >= 15 is 0 Å². The van der Waals surface area contributed by atoms with Crippen LogP contribution in [0.5, 0.6) is 11.5 Å². The van der Waals surface area contributed by atoms with Crippen LogP contribution >= 0.6 is 0 Å². The molecule has 0 radical (unpaired) electrons. The van der Waals surface area contributed by atoms with Crippen molar-refractivity contribution in [2.75, 3.05) is 6.61 Å². The van der Waals surface area contributed by atoms with Gasteiger partial charge >= 0.3 is 11.9 Å². The van der Waals surface area contributed by atoms with Gasteiger partial charge in [0.1, 0.15) is 23.9 Å². The lowest BCUT2D eigenvalue weighted by Crippen LogP contribution is -2.09. The van der Waals surface area contributed by atoms with E-state index in [0.717, 1.165) is 16.7 Å². The normalized spacial score (nSPS) is 11.5. The van der Waals surface area contributed by atoms with E-state index in [2.05, 4.69) is 13.2 Å². The van der Waals surface area contributed by atoms with E-state index in [-0.39, 0.29) is 6.61 Å². The fourth-order valence-electron chi connectivity index (χ4n) is 2.34. The predicted octanol–water partition coefficient (Wildman–Crippen LogP) is 6.13. The summed E-state index contributed by atoms with van der Waals surface area (Å²) in [4.78, 5) is 23.1. The number of carbonyl (C=O) groups is 2.